The predicted molar refractivity (Wildman–Crippen MR) is 54.3 cm³/mol. The number of aliphatic carboxylic acids is 1. The quantitative estimate of drug-likeness (QED) is 0.772. The molecule has 1 aromatic rings. The number of carbonyl (C=O) groups is 1. The lowest BCUT2D eigenvalue weighted by atomic mass is 10.2. The molecule has 0 saturated carbocycles. The van der Waals surface area contributed by atoms with Gasteiger partial charge < -0.3 is 10.4 Å². The lowest BCUT2D eigenvalue weighted by molar-refractivity contribution is -0.137. The second-order valence-corrected chi connectivity index (χ2v) is 3.18. The Hall–Kier alpha value is -2.09. The first kappa shape index (κ1) is 11.0. The summed E-state index contributed by atoms with van der Waals surface area (Å²) in [7, 11) is 0. The number of hydrogen-bond acceptors (Lipinski definition) is 4. The van der Waals surface area contributed by atoms with Crippen LogP contribution in [0.2, 0.25) is 0 Å². The lowest BCUT2D eigenvalue weighted by Gasteiger charge is -2.12. The van der Waals surface area contributed by atoms with Crippen molar-refractivity contribution >= 4 is 11.7 Å². The van der Waals surface area contributed by atoms with Crippen LogP contribution in [0.1, 0.15) is 19.0 Å². The Labute approximate surface area is 87.4 Å². The van der Waals surface area contributed by atoms with Crippen molar-refractivity contribution in [3.05, 3.63) is 24.0 Å². The Balaban J connectivity index is 2.64. The summed E-state index contributed by atoms with van der Waals surface area (Å²) in [6.07, 6.45) is 1.54. The van der Waals surface area contributed by atoms with Crippen LogP contribution in [0.4, 0.5) is 5.69 Å². The molecule has 0 radical (unpaired) electrons. The van der Waals surface area contributed by atoms with Crippen LogP contribution in [-0.4, -0.2) is 22.1 Å². The van der Waals surface area contributed by atoms with E-state index >= 15 is 0 Å². The van der Waals surface area contributed by atoms with Crippen molar-refractivity contribution in [2.24, 2.45) is 0 Å². The maximum Gasteiger partial charge on any atom is 0.305 e. The smallest absolute Gasteiger partial charge is 0.305 e. The van der Waals surface area contributed by atoms with E-state index in [2.05, 4.69) is 10.3 Å². The molecule has 0 bridgehead atoms. The number of rotatable bonds is 4. The van der Waals surface area contributed by atoms with Gasteiger partial charge in [0.25, 0.3) is 0 Å². The topological polar surface area (TPSA) is 86.0 Å². The molecule has 2 N–H and O–H groups in total. The predicted octanol–water partition coefficient (Wildman–Crippen LogP) is 1.23. The number of nitrogens with one attached hydrogen (secondary N) is 1. The van der Waals surface area contributed by atoms with Gasteiger partial charge >= 0.3 is 5.97 Å². The SMILES string of the molecule is CC(CC(=O)O)Nc1ccnc(C#N)c1. The van der Waals surface area contributed by atoms with Crippen LogP contribution in [0, 0.1) is 11.3 Å². The summed E-state index contributed by atoms with van der Waals surface area (Å²) in [5.41, 5.74) is 1.01. The van der Waals surface area contributed by atoms with E-state index < -0.39 is 5.97 Å². The molecule has 0 aliphatic carbocycles. The van der Waals surface area contributed by atoms with Crippen LogP contribution < -0.4 is 5.32 Å². The highest BCUT2D eigenvalue weighted by atomic mass is 16.4. The fourth-order valence-electron chi connectivity index (χ4n) is 1.18. The normalized spacial score (nSPS) is 11.5. The minimum atomic E-state index is -0.857. The van der Waals surface area contributed by atoms with E-state index in [0.29, 0.717) is 11.4 Å². The van der Waals surface area contributed by atoms with Gasteiger partial charge in [0.15, 0.2) is 0 Å². The summed E-state index contributed by atoms with van der Waals surface area (Å²) in [6, 6.07) is 5.01. The summed E-state index contributed by atoms with van der Waals surface area (Å²) in [5.74, 6) is -0.857. The molecule has 1 atom stereocenters. The monoisotopic (exact) mass is 205 g/mol. The molecule has 0 saturated heterocycles. The van der Waals surface area contributed by atoms with Crippen LogP contribution >= 0.6 is 0 Å². The van der Waals surface area contributed by atoms with E-state index in [9.17, 15) is 4.79 Å². The minimum Gasteiger partial charge on any atom is -0.481 e. The Kier molecular flexibility index (Phi) is 3.63. The summed E-state index contributed by atoms with van der Waals surface area (Å²) in [4.78, 5) is 14.2. The molecule has 0 spiro atoms. The Morgan fingerprint density at radius 3 is 3.13 bits per heavy atom. The number of hydrogen-bond donors (Lipinski definition) is 2. The number of anilines is 1. The highest BCUT2D eigenvalue weighted by molar-refractivity contribution is 5.68. The van der Waals surface area contributed by atoms with Crippen LogP contribution in [0.15, 0.2) is 18.3 Å². The first-order valence-corrected chi connectivity index (χ1v) is 4.46. The zero-order chi connectivity index (χ0) is 11.3. The third-order valence-corrected chi connectivity index (χ3v) is 1.77. The van der Waals surface area contributed by atoms with Gasteiger partial charge in [-0.15, -0.1) is 0 Å². The van der Waals surface area contributed by atoms with Crippen molar-refractivity contribution in [3.8, 4) is 6.07 Å². The van der Waals surface area contributed by atoms with Crippen LogP contribution in [0.25, 0.3) is 0 Å². The zero-order valence-electron chi connectivity index (χ0n) is 8.27. The third-order valence-electron chi connectivity index (χ3n) is 1.77. The van der Waals surface area contributed by atoms with Gasteiger partial charge in [0.2, 0.25) is 0 Å². The van der Waals surface area contributed by atoms with Crippen LogP contribution in [0.3, 0.4) is 0 Å². The molecule has 15 heavy (non-hydrogen) atoms. The average molecular weight is 205 g/mol. The lowest BCUT2D eigenvalue weighted by Crippen LogP contribution is -2.19. The van der Waals surface area contributed by atoms with Crippen molar-refractivity contribution in [1.29, 1.82) is 5.26 Å². The molecule has 0 aliphatic heterocycles. The molecule has 0 aromatic carbocycles. The van der Waals surface area contributed by atoms with Crippen LogP contribution in [0.5, 0.6) is 0 Å². The molecule has 1 aromatic heterocycles. The Morgan fingerprint density at radius 2 is 2.53 bits per heavy atom. The molecular weight excluding hydrogens is 194 g/mol. The number of nitrogens with zero attached hydrogens (tertiary/aromatic N) is 2. The molecule has 0 amide bonds. The van der Waals surface area contributed by atoms with Gasteiger partial charge in [0.05, 0.1) is 6.42 Å². The van der Waals surface area contributed by atoms with E-state index in [1.54, 1.807) is 19.1 Å². The molecular formula is C10H11N3O2. The van der Waals surface area contributed by atoms with E-state index in [4.69, 9.17) is 10.4 Å². The van der Waals surface area contributed by atoms with Gasteiger partial charge in [0.1, 0.15) is 11.8 Å². The fourth-order valence-corrected chi connectivity index (χ4v) is 1.18. The van der Waals surface area contributed by atoms with Crippen molar-refractivity contribution in [2.75, 3.05) is 5.32 Å². The van der Waals surface area contributed by atoms with Gasteiger partial charge in [-0.2, -0.15) is 5.26 Å². The minimum absolute atomic E-state index is 0.0320. The van der Waals surface area contributed by atoms with E-state index in [-0.39, 0.29) is 12.5 Å². The second kappa shape index (κ2) is 4.96. The average Bonchev–Trinajstić information content (AvgIpc) is 2.16. The number of carboxylic acids is 1. The Morgan fingerprint density at radius 1 is 1.80 bits per heavy atom. The second-order valence-electron chi connectivity index (χ2n) is 3.18. The van der Waals surface area contributed by atoms with Crippen molar-refractivity contribution in [3.63, 3.8) is 0 Å². The number of pyridine rings is 1. The highest BCUT2D eigenvalue weighted by Crippen LogP contribution is 2.09. The molecule has 0 aliphatic rings. The molecule has 5 nitrogen and oxygen atoms in total. The molecule has 0 fully saturated rings. The first-order chi connectivity index (χ1) is 7.11. The molecule has 1 heterocycles. The molecule has 78 valence electrons. The van der Waals surface area contributed by atoms with Gasteiger partial charge in [0, 0.05) is 17.9 Å². The molecule has 5 heteroatoms. The molecule has 1 rings (SSSR count). The van der Waals surface area contributed by atoms with Gasteiger partial charge in [-0.25, -0.2) is 4.98 Å². The van der Waals surface area contributed by atoms with E-state index in [0.717, 1.165) is 0 Å². The van der Waals surface area contributed by atoms with Gasteiger partial charge in [-0.1, -0.05) is 0 Å². The van der Waals surface area contributed by atoms with Crippen molar-refractivity contribution in [1.82, 2.24) is 4.98 Å². The van der Waals surface area contributed by atoms with E-state index in [1.807, 2.05) is 6.07 Å². The standard InChI is InChI=1S/C10H11N3O2/c1-7(4-10(14)15)13-8-2-3-12-9(5-8)6-11/h2-3,5,7H,4H2,1H3,(H,12,13)(H,14,15). The summed E-state index contributed by atoms with van der Waals surface area (Å²) >= 11 is 0. The highest BCUT2D eigenvalue weighted by Gasteiger charge is 2.07. The zero-order valence-corrected chi connectivity index (χ0v) is 8.27. The maximum absolute atomic E-state index is 10.4. The maximum atomic E-state index is 10.4. The van der Waals surface area contributed by atoms with Crippen molar-refractivity contribution < 1.29 is 9.90 Å². The summed E-state index contributed by atoms with van der Waals surface area (Å²) in [5, 5.41) is 20.1. The number of nitriles is 1. The third kappa shape index (κ3) is 3.65. The van der Waals surface area contributed by atoms with Gasteiger partial charge in [-0.05, 0) is 19.1 Å². The molecule has 1 unspecified atom stereocenters. The largest absolute Gasteiger partial charge is 0.481 e. The van der Waals surface area contributed by atoms with Gasteiger partial charge in [-0.3, -0.25) is 4.79 Å². The first-order valence-electron chi connectivity index (χ1n) is 4.46. The van der Waals surface area contributed by atoms with Crippen LogP contribution in [-0.2, 0) is 4.79 Å². The fraction of sp³-hybridized carbons (Fsp3) is 0.300. The summed E-state index contributed by atoms with van der Waals surface area (Å²) in [6.45, 7) is 1.76. The number of carboxylic acid groups (broad SMARTS) is 1. The summed E-state index contributed by atoms with van der Waals surface area (Å²) < 4.78 is 0. The van der Waals surface area contributed by atoms with E-state index in [1.165, 1.54) is 6.20 Å². The Bertz CT molecular complexity index is 398. The number of aromatic nitrogens is 1. The van der Waals surface area contributed by atoms with Crippen molar-refractivity contribution in [2.45, 2.75) is 19.4 Å².